The predicted octanol–water partition coefficient (Wildman–Crippen LogP) is 2.19. The molecule has 2 N–H and O–H groups in total. The van der Waals surface area contributed by atoms with Gasteiger partial charge >= 0.3 is 0 Å². The van der Waals surface area contributed by atoms with E-state index in [0.29, 0.717) is 11.3 Å². The molecule has 0 aliphatic heterocycles. The zero-order valence-electron chi connectivity index (χ0n) is 10.5. The van der Waals surface area contributed by atoms with Crippen LogP contribution < -0.4 is 10.6 Å². The number of nitrogens with one attached hydrogen (secondary N) is 2. The third kappa shape index (κ3) is 3.28. The molecule has 0 spiro atoms. The number of carbonyl (C=O) groups is 1. The number of rotatable bonds is 4. The molecule has 0 fully saturated rings. The van der Waals surface area contributed by atoms with Crippen molar-refractivity contribution in [1.29, 1.82) is 0 Å². The zero-order chi connectivity index (χ0) is 13.7. The number of pyridine rings is 1. The summed E-state index contributed by atoms with van der Waals surface area (Å²) < 4.78 is 13.4. The third-order valence-electron chi connectivity index (χ3n) is 2.68. The van der Waals surface area contributed by atoms with Gasteiger partial charge in [0.05, 0.1) is 11.9 Å². The molecule has 19 heavy (non-hydrogen) atoms. The van der Waals surface area contributed by atoms with Crippen molar-refractivity contribution in [1.82, 2.24) is 10.3 Å². The minimum Gasteiger partial charge on any atom is -0.387 e. The van der Waals surface area contributed by atoms with Crippen molar-refractivity contribution >= 4 is 11.6 Å². The summed E-state index contributed by atoms with van der Waals surface area (Å²) in [7, 11) is 1.77. The van der Waals surface area contributed by atoms with E-state index in [-0.39, 0.29) is 18.3 Å². The number of nitrogens with zero attached hydrogens (tertiary/aromatic N) is 1. The summed E-state index contributed by atoms with van der Waals surface area (Å²) in [6.07, 6.45) is 1.57. The number of hydrogen-bond acceptors (Lipinski definition) is 3. The van der Waals surface area contributed by atoms with Crippen LogP contribution in [0, 0.1) is 5.82 Å². The van der Waals surface area contributed by atoms with E-state index in [1.807, 2.05) is 0 Å². The molecule has 4 nitrogen and oxygen atoms in total. The van der Waals surface area contributed by atoms with Crippen LogP contribution >= 0.6 is 0 Å². The lowest BCUT2D eigenvalue weighted by molar-refractivity contribution is 0.0945. The first-order valence-corrected chi connectivity index (χ1v) is 5.86. The number of halogens is 1. The number of benzene rings is 1. The van der Waals surface area contributed by atoms with Crippen LogP contribution in [0.1, 0.15) is 16.1 Å². The average molecular weight is 259 g/mol. The van der Waals surface area contributed by atoms with Crippen LogP contribution in [0.2, 0.25) is 0 Å². The van der Waals surface area contributed by atoms with Crippen molar-refractivity contribution in [2.75, 3.05) is 12.4 Å². The summed E-state index contributed by atoms with van der Waals surface area (Å²) >= 11 is 0. The fourth-order valence-corrected chi connectivity index (χ4v) is 1.58. The van der Waals surface area contributed by atoms with Crippen molar-refractivity contribution in [3.8, 4) is 0 Å². The van der Waals surface area contributed by atoms with E-state index >= 15 is 0 Å². The van der Waals surface area contributed by atoms with Gasteiger partial charge in [-0.05, 0) is 18.2 Å². The largest absolute Gasteiger partial charge is 0.387 e. The van der Waals surface area contributed by atoms with Gasteiger partial charge in [-0.15, -0.1) is 0 Å². The quantitative estimate of drug-likeness (QED) is 0.885. The molecule has 2 rings (SSSR count). The highest BCUT2D eigenvalue weighted by molar-refractivity contribution is 5.92. The number of aromatic nitrogens is 1. The van der Waals surface area contributed by atoms with E-state index in [1.54, 1.807) is 43.6 Å². The Morgan fingerprint density at radius 3 is 2.68 bits per heavy atom. The van der Waals surface area contributed by atoms with Gasteiger partial charge in [0.1, 0.15) is 11.5 Å². The summed E-state index contributed by atoms with van der Waals surface area (Å²) in [5.74, 6) is -0.660. The molecule has 0 unspecified atom stereocenters. The van der Waals surface area contributed by atoms with Crippen LogP contribution in [-0.2, 0) is 6.54 Å². The normalized spacial score (nSPS) is 10.0. The van der Waals surface area contributed by atoms with E-state index in [4.69, 9.17) is 0 Å². The number of anilines is 1. The highest BCUT2D eigenvalue weighted by Crippen LogP contribution is 2.07. The molecule has 1 aromatic heterocycles. The Morgan fingerprint density at radius 2 is 2.05 bits per heavy atom. The average Bonchev–Trinajstić information content (AvgIpc) is 2.46. The third-order valence-corrected chi connectivity index (χ3v) is 2.68. The second-order valence-corrected chi connectivity index (χ2v) is 3.96. The lowest BCUT2D eigenvalue weighted by atomic mass is 10.2. The minimum absolute atomic E-state index is 0.140. The maximum absolute atomic E-state index is 13.4. The lowest BCUT2D eigenvalue weighted by Gasteiger charge is -2.06. The van der Waals surface area contributed by atoms with Gasteiger partial charge in [-0.2, -0.15) is 0 Å². The van der Waals surface area contributed by atoms with Gasteiger partial charge in [0.2, 0.25) is 0 Å². The number of carbonyl (C=O) groups excluding carboxylic acids is 1. The Balaban J connectivity index is 1.99. The Hall–Kier alpha value is -2.43. The summed E-state index contributed by atoms with van der Waals surface area (Å²) in [4.78, 5) is 15.8. The first kappa shape index (κ1) is 13.0. The van der Waals surface area contributed by atoms with Crippen molar-refractivity contribution in [2.24, 2.45) is 0 Å². The minimum atomic E-state index is -0.332. The molecule has 1 amide bonds. The smallest absolute Gasteiger partial charge is 0.270 e. The summed E-state index contributed by atoms with van der Waals surface area (Å²) in [6, 6.07) is 9.70. The summed E-state index contributed by atoms with van der Waals surface area (Å²) in [5, 5.41) is 5.55. The predicted molar refractivity (Wildman–Crippen MR) is 71.4 cm³/mol. The Morgan fingerprint density at radius 1 is 1.26 bits per heavy atom. The van der Waals surface area contributed by atoms with Gasteiger partial charge in [0.15, 0.2) is 0 Å². The van der Waals surface area contributed by atoms with Crippen LogP contribution in [0.25, 0.3) is 0 Å². The Kier molecular flexibility index (Phi) is 4.07. The topological polar surface area (TPSA) is 54.0 Å². The van der Waals surface area contributed by atoms with Gasteiger partial charge in [0.25, 0.3) is 5.91 Å². The molecule has 0 aliphatic carbocycles. The fourth-order valence-electron chi connectivity index (χ4n) is 1.58. The fraction of sp³-hybridized carbons (Fsp3) is 0.143. The molecule has 2 aromatic rings. The molecule has 0 radical (unpaired) electrons. The van der Waals surface area contributed by atoms with Gasteiger partial charge < -0.3 is 10.6 Å². The lowest BCUT2D eigenvalue weighted by Crippen LogP contribution is -2.24. The van der Waals surface area contributed by atoms with Crippen LogP contribution in [-0.4, -0.2) is 17.9 Å². The molecule has 98 valence electrons. The van der Waals surface area contributed by atoms with Gasteiger partial charge in [0, 0.05) is 19.2 Å². The highest BCUT2D eigenvalue weighted by atomic mass is 19.1. The SMILES string of the molecule is CNc1ccc(C(=O)NCc2ccccc2F)nc1. The summed E-state index contributed by atoms with van der Waals surface area (Å²) in [5.41, 5.74) is 1.57. The van der Waals surface area contributed by atoms with E-state index in [9.17, 15) is 9.18 Å². The van der Waals surface area contributed by atoms with Gasteiger partial charge in [-0.25, -0.2) is 9.37 Å². The van der Waals surface area contributed by atoms with E-state index in [1.165, 1.54) is 6.07 Å². The second-order valence-electron chi connectivity index (χ2n) is 3.96. The Labute approximate surface area is 110 Å². The van der Waals surface area contributed by atoms with E-state index in [0.717, 1.165) is 5.69 Å². The first-order valence-electron chi connectivity index (χ1n) is 5.86. The highest BCUT2D eigenvalue weighted by Gasteiger charge is 2.08. The molecule has 0 atom stereocenters. The monoisotopic (exact) mass is 259 g/mol. The van der Waals surface area contributed by atoms with Crippen molar-refractivity contribution in [3.05, 3.63) is 59.7 Å². The van der Waals surface area contributed by atoms with Crippen LogP contribution in [0.4, 0.5) is 10.1 Å². The molecular weight excluding hydrogens is 245 g/mol. The first-order chi connectivity index (χ1) is 9.20. The van der Waals surface area contributed by atoms with E-state index in [2.05, 4.69) is 15.6 Å². The molecule has 1 aromatic carbocycles. The standard InChI is InChI=1S/C14H14FN3O/c1-16-11-6-7-13(17-9-11)14(19)18-8-10-4-2-3-5-12(10)15/h2-7,9,16H,8H2,1H3,(H,18,19). The maximum Gasteiger partial charge on any atom is 0.270 e. The second kappa shape index (κ2) is 5.95. The van der Waals surface area contributed by atoms with Crippen LogP contribution in [0.3, 0.4) is 0 Å². The molecule has 0 saturated carbocycles. The van der Waals surface area contributed by atoms with Gasteiger partial charge in [-0.3, -0.25) is 4.79 Å². The number of amides is 1. The van der Waals surface area contributed by atoms with Crippen molar-refractivity contribution < 1.29 is 9.18 Å². The van der Waals surface area contributed by atoms with Gasteiger partial charge in [-0.1, -0.05) is 18.2 Å². The molecular formula is C14H14FN3O. The number of hydrogen-bond donors (Lipinski definition) is 2. The zero-order valence-corrected chi connectivity index (χ0v) is 10.5. The molecule has 5 heteroatoms. The summed E-state index contributed by atoms with van der Waals surface area (Å²) in [6.45, 7) is 0.140. The molecule has 0 saturated heterocycles. The Bertz CT molecular complexity index is 569. The van der Waals surface area contributed by atoms with E-state index < -0.39 is 0 Å². The van der Waals surface area contributed by atoms with Crippen molar-refractivity contribution in [3.63, 3.8) is 0 Å². The molecule has 0 aliphatic rings. The van der Waals surface area contributed by atoms with Crippen LogP contribution in [0.5, 0.6) is 0 Å². The van der Waals surface area contributed by atoms with Crippen LogP contribution in [0.15, 0.2) is 42.6 Å². The van der Waals surface area contributed by atoms with Crippen molar-refractivity contribution in [2.45, 2.75) is 6.54 Å². The maximum atomic E-state index is 13.4. The molecule has 1 heterocycles. The molecule has 0 bridgehead atoms.